The first-order valence-corrected chi connectivity index (χ1v) is 9.62. The average molecular weight is 387 g/mol. The Bertz CT molecular complexity index is 1220. The lowest BCUT2D eigenvalue weighted by molar-refractivity contribution is -0.120. The predicted octanol–water partition coefficient (Wildman–Crippen LogP) is 2.13. The lowest BCUT2D eigenvalue weighted by Crippen LogP contribution is -2.48. The number of carbonyl (C=O) groups excluding carboxylic acids is 1. The summed E-state index contributed by atoms with van der Waals surface area (Å²) in [5.74, 6) is 1.72. The second-order valence-corrected chi connectivity index (χ2v) is 7.17. The van der Waals surface area contributed by atoms with Crippen LogP contribution >= 0.6 is 0 Å². The number of fused-ring (bicyclic) bond motifs is 2. The van der Waals surface area contributed by atoms with E-state index in [1.54, 1.807) is 16.9 Å². The van der Waals surface area contributed by atoms with Gasteiger partial charge < -0.3 is 15.5 Å². The summed E-state index contributed by atoms with van der Waals surface area (Å²) in [7, 11) is 0. The number of hydrogen-bond acceptors (Lipinski definition) is 6. The van der Waals surface area contributed by atoms with E-state index in [9.17, 15) is 4.79 Å². The normalized spacial score (nSPS) is 14.4. The van der Waals surface area contributed by atoms with E-state index in [4.69, 9.17) is 4.98 Å². The molecule has 4 aromatic rings. The van der Waals surface area contributed by atoms with Crippen molar-refractivity contribution in [1.82, 2.24) is 24.9 Å². The molecule has 1 fully saturated rings. The van der Waals surface area contributed by atoms with Gasteiger partial charge >= 0.3 is 0 Å². The summed E-state index contributed by atoms with van der Waals surface area (Å²) in [4.78, 5) is 23.3. The molecule has 4 heterocycles. The molecule has 146 valence electrons. The van der Waals surface area contributed by atoms with Gasteiger partial charge in [-0.3, -0.25) is 4.79 Å². The number of amides is 1. The minimum absolute atomic E-state index is 0.0224. The van der Waals surface area contributed by atoms with Gasteiger partial charge in [0.05, 0.1) is 18.3 Å². The molecule has 0 spiro atoms. The average Bonchev–Trinajstić information content (AvgIpc) is 3.21. The largest absolute Gasteiger partial charge is 0.366 e. The summed E-state index contributed by atoms with van der Waals surface area (Å²) < 4.78 is 1.77. The zero-order chi connectivity index (χ0) is 19.8. The molecule has 1 aromatic carbocycles. The molecule has 8 heteroatoms. The van der Waals surface area contributed by atoms with Gasteiger partial charge in [-0.25, -0.2) is 9.97 Å². The Hall–Kier alpha value is -3.68. The van der Waals surface area contributed by atoms with Crippen LogP contribution < -0.4 is 15.5 Å². The van der Waals surface area contributed by atoms with Crippen molar-refractivity contribution in [3.63, 3.8) is 0 Å². The molecular formula is C21H21N7O. The van der Waals surface area contributed by atoms with Gasteiger partial charge in [-0.15, -0.1) is 0 Å². The monoisotopic (exact) mass is 387 g/mol. The highest BCUT2D eigenvalue weighted by Crippen LogP contribution is 2.27. The van der Waals surface area contributed by atoms with Gasteiger partial charge in [0.2, 0.25) is 5.91 Å². The van der Waals surface area contributed by atoms with Gasteiger partial charge in [0.25, 0.3) is 0 Å². The first-order valence-electron chi connectivity index (χ1n) is 9.62. The van der Waals surface area contributed by atoms with E-state index in [0.29, 0.717) is 19.6 Å². The molecule has 0 atom stereocenters. The Kier molecular flexibility index (Phi) is 4.23. The topological polar surface area (TPSA) is 87.5 Å². The fourth-order valence-corrected chi connectivity index (χ4v) is 3.76. The van der Waals surface area contributed by atoms with E-state index in [1.165, 1.54) is 0 Å². The fraction of sp³-hybridized carbons (Fsp3) is 0.238. The van der Waals surface area contributed by atoms with E-state index in [0.717, 1.165) is 45.9 Å². The fourth-order valence-electron chi connectivity index (χ4n) is 3.76. The Labute approximate surface area is 167 Å². The van der Waals surface area contributed by atoms with Crippen LogP contribution in [0.2, 0.25) is 0 Å². The predicted molar refractivity (Wildman–Crippen MR) is 112 cm³/mol. The van der Waals surface area contributed by atoms with Gasteiger partial charge in [0.15, 0.2) is 5.65 Å². The lowest BCUT2D eigenvalue weighted by atomic mass is 10.1. The minimum Gasteiger partial charge on any atom is -0.366 e. The van der Waals surface area contributed by atoms with Gasteiger partial charge in [0, 0.05) is 42.8 Å². The Morgan fingerprint density at radius 2 is 2.14 bits per heavy atom. The Morgan fingerprint density at radius 3 is 3.03 bits per heavy atom. The van der Waals surface area contributed by atoms with Crippen molar-refractivity contribution < 1.29 is 4.79 Å². The molecular weight excluding hydrogens is 366 g/mol. The van der Waals surface area contributed by atoms with Crippen LogP contribution in [0.5, 0.6) is 0 Å². The number of carbonyl (C=O) groups is 1. The number of benzene rings is 1. The second-order valence-electron chi connectivity index (χ2n) is 7.17. The number of aryl methyl sites for hydroxylation is 1. The first kappa shape index (κ1) is 17.4. The molecule has 0 aliphatic carbocycles. The summed E-state index contributed by atoms with van der Waals surface area (Å²) >= 11 is 0. The van der Waals surface area contributed by atoms with Crippen LogP contribution in [0.3, 0.4) is 0 Å². The van der Waals surface area contributed by atoms with E-state index >= 15 is 0 Å². The molecule has 0 radical (unpaired) electrons. The van der Waals surface area contributed by atoms with Crippen molar-refractivity contribution in [1.29, 1.82) is 0 Å². The van der Waals surface area contributed by atoms with Crippen molar-refractivity contribution in [2.45, 2.75) is 13.5 Å². The molecule has 8 nitrogen and oxygen atoms in total. The highest BCUT2D eigenvalue weighted by molar-refractivity contribution is 5.87. The summed E-state index contributed by atoms with van der Waals surface area (Å²) in [6.07, 6.45) is 3.49. The van der Waals surface area contributed by atoms with Crippen LogP contribution in [0.25, 0.3) is 16.6 Å². The highest BCUT2D eigenvalue weighted by atomic mass is 16.2. The molecule has 0 bridgehead atoms. The van der Waals surface area contributed by atoms with Crippen molar-refractivity contribution in [2.24, 2.45) is 0 Å². The van der Waals surface area contributed by atoms with Crippen molar-refractivity contribution in [3.05, 3.63) is 59.9 Å². The number of aromatic nitrogens is 4. The molecule has 2 N–H and O–H groups in total. The van der Waals surface area contributed by atoms with Crippen molar-refractivity contribution in [2.75, 3.05) is 29.9 Å². The second kappa shape index (κ2) is 7.05. The third-order valence-corrected chi connectivity index (χ3v) is 5.19. The van der Waals surface area contributed by atoms with E-state index in [1.807, 2.05) is 18.2 Å². The van der Waals surface area contributed by atoms with Crippen LogP contribution in [-0.2, 0) is 11.3 Å². The number of nitrogens with one attached hydrogen (secondary N) is 2. The van der Waals surface area contributed by atoms with Crippen LogP contribution in [0, 0.1) is 6.92 Å². The van der Waals surface area contributed by atoms with Gasteiger partial charge in [-0.1, -0.05) is 18.2 Å². The summed E-state index contributed by atoms with van der Waals surface area (Å²) in [6, 6.07) is 12.1. The number of para-hydroxylation sites is 1. The van der Waals surface area contributed by atoms with Gasteiger partial charge in [-0.2, -0.15) is 9.61 Å². The van der Waals surface area contributed by atoms with Crippen LogP contribution in [0.15, 0.2) is 48.8 Å². The summed E-state index contributed by atoms with van der Waals surface area (Å²) in [5, 5.41) is 11.8. The molecule has 1 aliphatic rings. The smallest absolute Gasteiger partial charge is 0.239 e. The van der Waals surface area contributed by atoms with Gasteiger partial charge in [0.1, 0.15) is 11.6 Å². The Balaban J connectivity index is 1.55. The number of anilines is 2. The van der Waals surface area contributed by atoms with Gasteiger partial charge in [-0.05, 0) is 24.6 Å². The van der Waals surface area contributed by atoms with E-state index in [-0.39, 0.29) is 5.91 Å². The third kappa shape index (κ3) is 3.22. The molecule has 0 saturated carbocycles. The van der Waals surface area contributed by atoms with E-state index in [2.05, 4.69) is 50.7 Å². The highest BCUT2D eigenvalue weighted by Gasteiger charge is 2.21. The number of nitrogens with zero attached hydrogens (tertiary/aromatic N) is 5. The molecule has 1 saturated heterocycles. The minimum atomic E-state index is 0.0224. The maximum absolute atomic E-state index is 12.0. The number of hydrogen-bond donors (Lipinski definition) is 2. The zero-order valence-electron chi connectivity index (χ0n) is 16.1. The Morgan fingerprint density at radius 1 is 1.21 bits per heavy atom. The van der Waals surface area contributed by atoms with Crippen LogP contribution in [0.1, 0.15) is 11.1 Å². The number of rotatable bonds is 4. The third-order valence-electron chi connectivity index (χ3n) is 5.19. The van der Waals surface area contributed by atoms with Crippen LogP contribution in [0.4, 0.5) is 11.6 Å². The molecule has 1 aliphatic heterocycles. The number of pyridine rings is 1. The zero-order valence-corrected chi connectivity index (χ0v) is 16.1. The molecule has 29 heavy (non-hydrogen) atoms. The first-order chi connectivity index (χ1) is 14.2. The lowest BCUT2D eigenvalue weighted by Gasteiger charge is -2.30. The quantitative estimate of drug-likeness (QED) is 0.558. The maximum atomic E-state index is 12.0. The van der Waals surface area contributed by atoms with Crippen molar-refractivity contribution >= 4 is 34.1 Å². The molecule has 5 rings (SSSR count). The summed E-state index contributed by atoms with van der Waals surface area (Å²) in [6.45, 7) is 4.30. The molecule has 3 aromatic heterocycles. The molecule has 0 unspecified atom stereocenters. The van der Waals surface area contributed by atoms with Crippen molar-refractivity contribution in [3.8, 4) is 0 Å². The maximum Gasteiger partial charge on any atom is 0.239 e. The standard InChI is InChI=1S/C21H21N7O/c1-14-3-2-4-15-11-16(12-24-18-5-7-22-17-6-8-25-28(17)18)21(26-20(14)15)27-10-9-23-19(29)13-27/h2-8,11,24H,9-10,12-13H2,1H3,(H,23,29). The van der Waals surface area contributed by atoms with Crippen LogP contribution in [-0.4, -0.2) is 45.1 Å². The van der Waals surface area contributed by atoms with E-state index < -0.39 is 0 Å². The summed E-state index contributed by atoms with van der Waals surface area (Å²) in [5.41, 5.74) is 3.91. The SMILES string of the molecule is Cc1cccc2cc(CNc3ccnc4ccnn34)c(N3CCNC(=O)C3)nc12. The number of piperazine rings is 1. The molecule has 1 amide bonds.